The van der Waals surface area contributed by atoms with Crippen LogP contribution in [0.15, 0.2) is 63.5 Å². The molecule has 0 saturated carbocycles. The molecule has 2 aromatic carbocycles. The van der Waals surface area contributed by atoms with Gasteiger partial charge in [-0.2, -0.15) is 0 Å². The number of nitrogens with zero attached hydrogens (tertiary/aromatic N) is 3. The first-order chi connectivity index (χ1) is 12.2. The van der Waals surface area contributed by atoms with Gasteiger partial charge in [-0.1, -0.05) is 47.6 Å². The van der Waals surface area contributed by atoms with Gasteiger partial charge >= 0.3 is 5.69 Å². The van der Waals surface area contributed by atoms with E-state index in [0.717, 1.165) is 21.8 Å². The van der Waals surface area contributed by atoms with Crippen molar-refractivity contribution in [2.24, 2.45) is 10.2 Å². The number of benzene rings is 2. The number of aromatic amines is 1. The van der Waals surface area contributed by atoms with Gasteiger partial charge < -0.3 is 10.3 Å². The van der Waals surface area contributed by atoms with Crippen molar-refractivity contribution in [1.82, 2.24) is 14.9 Å². The van der Waals surface area contributed by atoms with Crippen molar-refractivity contribution in [2.45, 2.75) is 6.54 Å². The van der Waals surface area contributed by atoms with Crippen LogP contribution in [0.2, 0.25) is 5.02 Å². The Morgan fingerprint density at radius 1 is 1.16 bits per heavy atom. The van der Waals surface area contributed by atoms with Crippen molar-refractivity contribution < 1.29 is 0 Å². The number of para-hydroxylation sites is 2. The maximum atomic E-state index is 12.2. The summed E-state index contributed by atoms with van der Waals surface area (Å²) in [6, 6.07) is 15.2. The Kier molecular flexibility index (Phi) is 4.33. The van der Waals surface area contributed by atoms with E-state index >= 15 is 0 Å². The Balaban J connectivity index is 1.53. The summed E-state index contributed by atoms with van der Waals surface area (Å²) in [5, 5.41) is 13.1. The summed E-state index contributed by atoms with van der Waals surface area (Å²) in [4.78, 5) is 15.0. The van der Waals surface area contributed by atoms with Crippen LogP contribution in [-0.2, 0) is 6.54 Å². The standard InChI is InChI=1S/C17H14ClN5OS/c18-12-7-5-11(6-8-12)9-19-16-22-21-15(10-25-16)23-14-4-2-1-3-13(14)20-17(23)24/h1-8H,9-10H2,(H,19,22)(H,20,24). The van der Waals surface area contributed by atoms with Crippen molar-refractivity contribution in [3.8, 4) is 0 Å². The number of amidine groups is 1. The fourth-order valence-electron chi connectivity index (χ4n) is 2.58. The molecule has 0 unspecified atom stereocenters. The van der Waals surface area contributed by atoms with E-state index in [4.69, 9.17) is 11.6 Å². The lowest BCUT2D eigenvalue weighted by molar-refractivity contribution is 0.916. The molecule has 0 spiro atoms. The van der Waals surface area contributed by atoms with Crippen LogP contribution in [0.4, 0.5) is 0 Å². The van der Waals surface area contributed by atoms with Crippen LogP contribution < -0.4 is 11.0 Å². The number of imidazole rings is 1. The van der Waals surface area contributed by atoms with Gasteiger partial charge in [-0.05, 0) is 29.8 Å². The second-order valence-electron chi connectivity index (χ2n) is 5.47. The number of H-pyrrole nitrogens is 1. The van der Waals surface area contributed by atoms with E-state index < -0.39 is 0 Å². The molecule has 1 aliphatic rings. The number of nitrogens with one attached hydrogen (secondary N) is 2. The molecule has 2 heterocycles. The maximum Gasteiger partial charge on any atom is 0.332 e. The number of hydrogen-bond donors (Lipinski definition) is 2. The van der Waals surface area contributed by atoms with Crippen LogP contribution in [0.3, 0.4) is 0 Å². The molecule has 2 N–H and O–H groups in total. The summed E-state index contributed by atoms with van der Waals surface area (Å²) in [5.41, 5.74) is 2.50. The summed E-state index contributed by atoms with van der Waals surface area (Å²) >= 11 is 7.40. The zero-order valence-electron chi connectivity index (χ0n) is 13.1. The smallest absolute Gasteiger partial charge is 0.332 e. The molecule has 6 nitrogen and oxygen atoms in total. The van der Waals surface area contributed by atoms with Gasteiger partial charge in [-0.25, -0.2) is 9.36 Å². The minimum Gasteiger partial charge on any atom is -0.359 e. The van der Waals surface area contributed by atoms with Crippen molar-refractivity contribution in [3.63, 3.8) is 0 Å². The van der Waals surface area contributed by atoms with E-state index in [-0.39, 0.29) is 5.69 Å². The van der Waals surface area contributed by atoms with Crippen LogP contribution in [0.25, 0.3) is 11.0 Å². The highest BCUT2D eigenvalue weighted by Crippen LogP contribution is 2.15. The van der Waals surface area contributed by atoms with E-state index in [2.05, 4.69) is 20.5 Å². The molecular formula is C17H14ClN5OS. The van der Waals surface area contributed by atoms with Crippen molar-refractivity contribution in [3.05, 3.63) is 69.6 Å². The Morgan fingerprint density at radius 2 is 1.96 bits per heavy atom. The van der Waals surface area contributed by atoms with Crippen LogP contribution in [0, 0.1) is 0 Å². The number of rotatable bonds is 2. The third-order valence-corrected chi connectivity index (χ3v) is 4.95. The van der Waals surface area contributed by atoms with E-state index in [1.807, 2.05) is 48.5 Å². The number of halogens is 1. The molecule has 1 aromatic heterocycles. The molecule has 1 aliphatic heterocycles. The summed E-state index contributed by atoms with van der Waals surface area (Å²) in [6.07, 6.45) is 0. The predicted octanol–water partition coefficient (Wildman–Crippen LogP) is 3.04. The lowest BCUT2D eigenvalue weighted by Gasteiger charge is -2.14. The van der Waals surface area contributed by atoms with Gasteiger partial charge in [0.1, 0.15) is 0 Å². The molecule has 3 aromatic rings. The second-order valence-corrected chi connectivity index (χ2v) is 6.87. The van der Waals surface area contributed by atoms with Gasteiger partial charge in [0.05, 0.1) is 16.8 Å². The Labute approximate surface area is 152 Å². The number of hydrogen-bond acceptors (Lipinski definition) is 5. The lowest BCUT2D eigenvalue weighted by atomic mass is 10.2. The summed E-state index contributed by atoms with van der Waals surface area (Å²) < 4.78 is 1.57. The first kappa shape index (κ1) is 16.0. The highest BCUT2D eigenvalue weighted by Gasteiger charge is 2.16. The van der Waals surface area contributed by atoms with Gasteiger partial charge in [0.15, 0.2) is 11.0 Å². The van der Waals surface area contributed by atoms with E-state index in [0.29, 0.717) is 23.2 Å². The minimum absolute atomic E-state index is 0.201. The Morgan fingerprint density at radius 3 is 2.72 bits per heavy atom. The van der Waals surface area contributed by atoms with E-state index in [1.165, 1.54) is 11.8 Å². The molecule has 4 rings (SSSR count). The first-order valence-electron chi connectivity index (χ1n) is 7.66. The predicted molar refractivity (Wildman–Crippen MR) is 104 cm³/mol. The average molecular weight is 372 g/mol. The fourth-order valence-corrected chi connectivity index (χ4v) is 3.43. The van der Waals surface area contributed by atoms with Crippen LogP contribution >= 0.6 is 23.4 Å². The van der Waals surface area contributed by atoms with E-state index in [1.54, 1.807) is 4.57 Å². The monoisotopic (exact) mass is 371 g/mol. The summed E-state index contributed by atoms with van der Waals surface area (Å²) in [5.74, 6) is 1.18. The molecule has 0 aliphatic carbocycles. The number of fused-ring (bicyclic) bond motifs is 1. The van der Waals surface area contributed by atoms with Crippen molar-refractivity contribution in [1.29, 1.82) is 0 Å². The molecule has 0 atom stereocenters. The van der Waals surface area contributed by atoms with Crippen LogP contribution in [0.1, 0.15) is 5.56 Å². The molecule has 8 heteroatoms. The van der Waals surface area contributed by atoms with Crippen molar-refractivity contribution >= 4 is 45.4 Å². The van der Waals surface area contributed by atoms with Crippen LogP contribution in [-0.4, -0.2) is 26.3 Å². The molecule has 0 saturated heterocycles. The third kappa shape index (κ3) is 3.33. The van der Waals surface area contributed by atoms with Gasteiger partial charge in [0.2, 0.25) is 0 Å². The summed E-state index contributed by atoms with van der Waals surface area (Å²) in [6.45, 7) is 0.640. The highest BCUT2D eigenvalue weighted by atomic mass is 35.5. The second kappa shape index (κ2) is 6.78. The van der Waals surface area contributed by atoms with Gasteiger partial charge in [-0.3, -0.25) is 0 Å². The highest BCUT2D eigenvalue weighted by molar-refractivity contribution is 8.14. The minimum atomic E-state index is -0.201. The van der Waals surface area contributed by atoms with Crippen molar-refractivity contribution in [2.75, 3.05) is 5.75 Å². The molecule has 0 amide bonds. The lowest BCUT2D eigenvalue weighted by Crippen LogP contribution is -2.30. The van der Waals surface area contributed by atoms with E-state index in [9.17, 15) is 4.79 Å². The zero-order chi connectivity index (χ0) is 17.2. The maximum absolute atomic E-state index is 12.2. The molecule has 0 radical (unpaired) electrons. The molecular weight excluding hydrogens is 358 g/mol. The summed E-state index contributed by atoms with van der Waals surface area (Å²) in [7, 11) is 0. The Bertz CT molecular complexity index is 1040. The van der Waals surface area contributed by atoms with Gasteiger partial charge in [0, 0.05) is 11.6 Å². The largest absolute Gasteiger partial charge is 0.359 e. The fraction of sp³-hybridized carbons (Fsp3) is 0.118. The Hall–Kier alpha value is -2.51. The normalized spacial score (nSPS) is 14.3. The first-order valence-corrected chi connectivity index (χ1v) is 9.03. The quantitative estimate of drug-likeness (QED) is 0.727. The SMILES string of the molecule is O=c1[nH]c2ccccc2n1C1=NN=C(NCc2ccc(Cl)cc2)SC1. The van der Waals surface area contributed by atoms with Crippen LogP contribution in [0.5, 0.6) is 0 Å². The van der Waals surface area contributed by atoms with Gasteiger partial charge in [0.25, 0.3) is 0 Å². The van der Waals surface area contributed by atoms with Gasteiger partial charge in [-0.15, -0.1) is 10.2 Å². The molecule has 0 fully saturated rings. The zero-order valence-corrected chi connectivity index (χ0v) is 14.6. The molecule has 25 heavy (non-hydrogen) atoms. The molecule has 0 bridgehead atoms. The number of thioether (sulfide) groups is 1. The number of aromatic nitrogens is 2. The topological polar surface area (TPSA) is 74.5 Å². The molecule has 126 valence electrons. The third-order valence-electron chi connectivity index (χ3n) is 3.80. The average Bonchev–Trinajstić information content (AvgIpc) is 2.97.